The highest BCUT2D eigenvalue weighted by atomic mass is 16.7. The van der Waals surface area contributed by atoms with Gasteiger partial charge in [0.1, 0.15) is 6.42 Å². The summed E-state index contributed by atoms with van der Waals surface area (Å²) in [5, 5.41) is 0. The molecule has 0 radical (unpaired) electrons. The number of fused-ring (bicyclic) bond motifs is 1. The summed E-state index contributed by atoms with van der Waals surface area (Å²) >= 11 is 0. The summed E-state index contributed by atoms with van der Waals surface area (Å²) in [5.41, 5.74) is 1.17. The predicted octanol–water partition coefficient (Wildman–Crippen LogP) is 0.308. The third-order valence-electron chi connectivity index (χ3n) is 5.23. The van der Waals surface area contributed by atoms with E-state index in [-0.39, 0.29) is 25.0 Å². The van der Waals surface area contributed by atoms with Crippen LogP contribution in [-0.2, 0) is 20.9 Å². The molecule has 27 heavy (non-hydrogen) atoms. The van der Waals surface area contributed by atoms with Gasteiger partial charge in [-0.25, -0.2) is 0 Å². The van der Waals surface area contributed by atoms with Crippen molar-refractivity contribution in [2.75, 3.05) is 59.3 Å². The van der Waals surface area contributed by atoms with Crippen LogP contribution >= 0.6 is 0 Å². The van der Waals surface area contributed by atoms with Crippen LogP contribution in [-0.4, -0.2) is 85.8 Å². The van der Waals surface area contributed by atoms with Crippen LogP contribution in [0.15, 0.2) is 18.2 Å². The highest BCUT2D eigenvalue weighted by molar-refractivity contribution is 5.97. The van der Waals surface area contributed by atoms with E-state index in [2.05, 4.69) is 4.90 Å². The molecule has 0 bridgehead atoms. The van der Waals surface area contributed by atoms with E-state index >= 15 is 0 Å². The first-order valence-corrected chi connectivity index (χ1v) is 9.43. The predicted molar refractivity (Wildman–Crippen MR) is 96.4 cm³/mol. The number of hydrogen-bond acceptors (Lipinski definition) is 6. The zero-order valence-corrected chi connectivity index (χ0v) is 15.4. The maximum Gasteiger partial charge on any atom is 0.232 e. The van der Waals surface area contributed by atoms with Gasteiger partial charge >= 0.3 is 0 Å². The van der Waals surface area contributed by atoms with Crippen LogP contribution in [0.2, 0.25) is 0 Å². The number of ether oxygens (including phenoxy) is 3. The minimum Gasteiger partial charge on any atom is -0.454 e. The number of morpholine rings is 1. The minimum absolute atomic E-state index is 0.0395. The van der Waals surface area contributed by atoms with E-state index < -0.39 is 0 Å². The fraction of sp³-hybridized carbons (Fsp3) is 0.579. The molecule has 3 heterocycles. The van der Waals surface area contributed by atoms with Crippen molar-refractivity contribution in [3.63, 3.8) is 0 Å². The summed E-state index contributed by atoms with van der Waals surface area (Å²) in [6, 6.07) is 6.00. The molecule has 0 N–H and O–H groups in total. The number of carbonyl (C=O) groups excluding carboxylic acids is 2. The molecule has 8 nitrogen and oxygen atoms in total. The van der Waals surface area contributed by atoms with Gasteiger partial charge in [-0.1, -0.05) is 6.07 Å². The molecule has 1 aromatic carbocycles. The van der Waals surface area contributed by atoms with Crippen molar-refractivity contribution in [1.29, 1.82) is 0 Å². The summed E-state index contributed by atoms with van der Waals surface area (Å²) in [4.78, 5) is 30.5. The summed E-state index contributed by atoms with van der Waals surface area (Å²) in [5.74, 6) is 1.42. The molecular weight excluding hydrogens is 350 g/mol. The Balaban J connectivity index is 1.23. The number of amides is 2. The Morgan fingerprint density at radius 3 is 2.26 bits per heavy atom. The largest absolute Gasteiger partial charge is 0.454 e. The maximum atomic E-state index is 12.4. The lowest BCUT2D eigenvalue weighted by atomic mass is 10.1. The lowest BCUT2D eigenvalue weighted by Gasteiger charge is -2.35. The molecule has 0 aliphatic carbocycles. The molecular formula is C19H25N3O5. The number of carbonyl (C=O) groups is 2. The monoisotopic (exact) mass is 375 g/mol. The highest BCUT2D eigenvalue weighted by Crippen LogP contribution is 2.32. The molecule has 0 saturated carbocycles. The molecule has 0 atom stereocenters. The number of hydrogen-bond donors (Lipinski definition) is 0. The quantitative estimate of drug-likeness (QED) is 0.706. The molecule has 0 spiro atoms. The van der Waals surface area contributed by atoms with Gasteiger partial charge in [-0.15, -0.1) is 0 Å². The lowest BCUT2D eigenvalue weighted by Crippen LogP contribution is -2.50. The van der Waals surface area contributed by atoms with E-state index in [0.717, 1.165) is 31.1 Å². The van der Waals surface area contributed by atoms with Crippen molar-refractivity contribution in [3.8, 4) is 11.5 Å². The van der Waals surface area contributed by atoms with Crippen molar-refractivity contribution in [2.45, 2.75) is 13.0 Å². The zero-order valence-electron chi connectivity index (χ0n) is 15.4. The van der Waals surface area contributed by atoms with Gasteiger partial charge in [-0.3, -0.25) is 14.5 Å². The molecule has 2 amide bonds. The van der Waals surface area contributed by atoms with Gasteiger partial charge in [0.2, 0.25) is 18.6 Å². The van der Waals surface area contributed by atoms with E-state index in [1.165, 1.54) is 5.56 Å². The number of rotatable bonds is 4. The van der Waals surface area contributed by atoms with Crippen molar-refractivity contribution >= 4 is 11.8 Å². The molecule has 8 heteroatoms. The third kappa shape index (κ3) is 4.33. The van der Waals surface area contributed by atoms with Gasteiger partial charge in [0.15, 0.2) is 11.5 Å². The van der Waals surface area contributed by atoms with Gasteiger partial charge in [-0.2, -0.15) is 0 Å². The van der Waals surface area contributed by atoms with E-state index in [1.54, 1.807) is 9.80 Å². The van der Waals surface area contributed by atoms with Crippen LogP contribution in [0.1, 0.15) is 12.0 Å². The summed E-state index contributed by atoms with van der Waals surface area (Å²) in [7, 11) is 0. The fourth-order valence-electron chi connectivity index (χ4n) is 3.62. The second-order valence-corrected chi connectivity index (χ2v) is 7.01. The standard InChI is InChI=1S/C19H25N3O5/c23-18(12-19(24)22-7-9-25-10-8-22)21-5-3-20(4-6-21)13-15-1-2-16-17(11-15)27-14-26-16/h1-2,11H,3-10,12-14H2. The van der Waals surface area contributed by atoms with E-state index in [0.29, 0.717) is 39.4 Å². The molecule has 1 aromatic rings. The first kappa shape index (κ1) is 18.1. The number of benzene rings is 1. The van der Waals surface area contributed by atoms with Crippen LogP contribution in [0.25, 0.3) is 0 Å². The Kier molecular flexibility index (Phi) is 5.45. The lowest BCUT2D eigenvalue weighted by molar-refractivity contribution is -0.143. The summed E-state index contributed by atoms with van der Waals surface area (Å²) in [6.07, 6.45) is -0.0395. The Hall–Kier alpha value is -2.32. The van der Waals surface area contributed by atoms with Crippen molar-refractivity contribution < 1.29 is 23.8 Å². The summed E-state index contributed by atoms with van der Waals surface area (Å²) in [6.45, 7) is 6.26. The van der Waals surface area contributed by atoms with Gasteiger partial charge in [0, 0.05) is 45.8 Å². The van der Waals surface area contributed by atoms with Gasteiger partial charge < -0.3 is 24.0 Å². The van der Waals surface area contributed by atoms with E-state index in [1.807, 2.05) is 18.2 Å². The maximum absolute atomic E-state index is 12.4. The molecule has 2 fully saturated rings. The average molecular weight is 375 g/mol. The van der Waals surface area contributed by atoms with Gasteiger partial charge in [0.25, 0.3) is 0 Å². The van der Waals surface area contributed by atoms with Crippen LogP contribution < -0.4 is 9.47 Å². The van der Waals surface area contributed by atoms with Crippen LogP contribution in [0.4, 0.5) is 0 Å². The van der Waals surface area contributed by atoms with Gasteiger partial charge in [0.05, 0.1) is 13.2 Å². The van der Waals surface area contributed by atoms with E-state index in [9.17, 15) is 9.59 Å². The highest BCUT2D eigenvalue weighted by Gasteiger charge is 2.26. The number of piperazine rings is 1. The van der Waals surface area contributed by atoms with Gasteiger partial charge in [-0.05, 0) is 17.7 Å². The van der Waals surface area contributed by atoms with Crippen molar-refractivity contribution in [3.05, 3.63) is 23.8 Å². The SMILES string of the molecule is O=C(CC(=O)N1CCN(Cc2ccc3c(c2)OCO3)CC1)N1CCOCC1. The van der Waals surface area contributed by atoms with E-state index in [4.69, 9.17) is 14.2 Å². The second-order valence-electron chi connectivity index (χ2n) is 7.01. The molecule has 0 aromatic heterocycles. The van der Waals surface area contributed by atoms with Crippen molar-refractivity contribution in [1.82, 2.24) is 14.7 Å². The second kappa shape index (κ2) is 8.14. The minimum atomic E-state index is -0.0916. The summed E-state index contributed by atoms with van der Waals surface area (Å²) < 4.78 is 16.0. The Labute approximate surface area is 158 Å². The molecule has 3 aliphatic heterocycles. The molecule has 4 rings (SSSR count). The van der Waals surface area contributed by atoms with Crippen LogP contribution in [0.3, 0.4) is 0 Å². The smallest absolute Gasteiger partial charge is 0.232 e. The molecule has 146 valence electrons. The average Bonchev–Trinajstić information content (AvgIpc) is 3.17. The fourth-order valence-corrected chi connectivity index (χ4v) is 3.62. The Morgan fingerprint density at radius 1 is 0.852 bits per heavy atom. The molecule has 3 aliphatic rings. The number of nitrogens with zero attached hydrogens (tertiary/aromatic N) is 3. The first-order valence-electron chi connectivity index (χ1n) is 9.43. The third-order valence-corrected chi connectivity index (χ3v) is 5.23. The topological polar surface area (TPSA) is 71.6 Å². The zero-order chi connectivity index (χ0) is 18.6. The first-order chi connectivity index (χ1) is 13.2. The molecule has 0 unspecified atom stereocenters. The molecule has 2 saturated heterocycles. The Morgan fingerprint density at radius 2 is 1.52 bits per heavy atom. The van der Waals surface area contributed by atoms with Crippen LogP contribution in [0, 0.1) is 0 Å². The van der Waals surface area contributed by atoms with Crippen molar-refractivity contribution in [2.24, 2.45) is 0 Å². The normalized spacial score (nSPS) is 20.0. The Bertz CT molecular complexity index is 697. The van der Waals surface area contributed by atoms with Crippen LogP contribution in [0.5, 0.6) is 11.5 Å².